The maximum Gasteiger partial charge on any atom is 0.122 e. The first-order chi connectivity index (χ1) is 12.2. The molecule has 3 rings (SSSR count). The van der Waals surface area contributed by atoms with Gasteiger partial charge in [0.25, 0.3) is 0 Å². The highest BCUT2D eigenvalue weighted by Gasteiger charge is 2.30. The summed E-state index contributed by atoms with van der Waals surface area (Å²) >= 11 is 0. The first-order valence-corrected chi connectivity index (χ1v) is 10.5. The quantitative estimate of drug-likeness (QED) is 0.511. The van der Waals surface area contributed by atoms with Crippen molar-refractivity contribution in [2.24, 2.45) is 17.8 Å². The Hall–Kier alpha value is -1.24. The average Bonchev–Trinajstić information content (AvgIpc) is 2.68. The molecule has 0 saturated heterocycles. The number of rotatable bonds is 6. The van der Waals surface area contributed by atoms with Crippen molar-refractivity contribution < 1.29 is 4.74 Å². The minimum atomic E-state index is 0.766. The molecule has 2 aliphatic rings. The molecule has 0 aromatic heterocycles. The fourth-order valence-corrected chi connectivity index (χ4v) is 5.29. The summed E-state index contributed by atoms with van der Waals surface area (Å²) in [6, 6.07) is 6.95. The number of aryl methyl sites for hydroxylation is 1. The second-order valence-corrected chi connectivity index (χ2v) is 8.34. The van der Waals surface area contributed by atoms with E-state index in [1.165, 1.54) is 63.4 Å². The second kappa shape index (κ2) is 8.92. The van der Waals surface area contributed by atoms with Crippen LogP contribution in [0, 0.1) is 17.8 Å². The summed E-state index contributed by atoms with van der Waals surface area (Å²) in [6.45, 7) is 6.24. The number of methoxy groups -OCH3 is 1. The number of hydrogen-bond donors (Lipinski definition) is 0. The molecule has 0 heterocycles. The summed E-state index contributed by atoms with van der Waals surface area (Å²) in [5.41, 5.74) is 2.95. The number of benzene rings is 1. The molecule has 0 radical (unpaired) electrons. The lowest BCUT2D eigenvalue weighted by atomic mass is 9.68. The third-order valence-corrected chi connectivity index (χ3v) is 6.88. The molecule has 0 aliphatic heterocycles. The SMILES string of the molecule is C=CC1CCC(C2CCC(c3ccc(OC)c(CCC)c3)CC2)CC1. The highest BCUT2D eigenvalue weighted by atomic mass is 16.5. The van der Waals surface area contributed by atoms with Gasteiger partial charge in [0.2, 0.25) is 0 Å². The number of allylic oxidation sites excluding steroid dienone is 1. The first kappa shape index (κ1) is 18.5. The molecule has 1 aromatic rings. The molecule has 0 bridgehead atoms. The molecular formula is C24H36O. The first-order valence-electron chi connectivity index (χ1n) is 10.5. The monoisotopic (exact) mass is 340 g/mol. The Bertz CT molecular complexity index is 545. The van der Waals surface area contributed by atoms with E-state index in [1.54, 1.807) is 12.7 Å². The maximum atomic E-state index is 5.55. The molecule has 2 saturated carbocycles. The zero-order valence-electron chi connectivity index (χ0n) is 16.3. The fourth-order valence-electron chi connectivity index (χ4n) is 5.29. The standard InChI is InChI=1S/C24H36O/c1-4-6-23-17-22(15-16-24(23)25-3)21-13-11-20(12-14-21)19-9-7-18(5-2)8-10-19/h5,15-21H,2,4,6-14H2,1,3H3. The van der Waals surface area contributed by atoms with Crippen molar-refractivity contribution in [1.82, 2.24) is 0 Å². The molecule has 1 nitrogen and oxygen atoms in total. The van der Waals surface area contributed by atoms with E-state index < -0.39 is 0 Å². The van der Waals surface area contributed by atoms with Crippen LogP contribution in [-0.2, 0) is 6.42 Å². The zero-order valence-corrected chi connectivity index (χ0v) is 16.3. The van der Waals surface area contributed by atoms with Crippen LogP contribution in [0.25, 0.3) is 0 Å². The Morgan fingerprint density at radius 1 is 1.00 bits per heavy atom. The Morgan fingerprint density at radius 3 is 2.20 bits per heavy atom. The van der Waals surface area contributed by atoms with Crippen LogP contribution in [0.4, 0.5) is 0 Å². The van der Waals surface area contributed by atoms with E-state index in [9.17, 15) is 0 Å². The van der Waals surface area contributed by atoms with Crippen LogP contribution in [0.5, 0.6) is 5.75 Å². The molecule has 0 N–H and O–H groups in total. The largest absolute Gasteiger partial charge is 0.496 e. The fraction of sp³-hybridized carbons (Fsp3) is 0.667. The molecule has 0 unspecified atom stereocenters. The lowest BCUT2D eigenvalue weighted by Gasteiger charge is -2.37. The minimum Gasteiger partial charge on any atom is -0.496 e. The van der Waals surface area contributed by atoms with Gasteiger partial charge in [0.05, 0.1) is 7.11 Å². The second-order valence-electron chi connectivity index (χ2n) is 8.34. The molecule has 2 fully saturated rings. The summed E-state index contributed by atoms with van der Waals surface area (Å²) in [5, 5.41) is 0. The van der Waals surface area contributed by atoms with Gasteiger partial charge in [0, 0.05) is 0 Å². The van der Waals surface area contributed by atoms with E-state index in [1.807, 2.05) is 0 Å². The van der Waals surface area contributed by atoms with Gasteiger partial charge in [-0.15, -0.1) is 6.58 Å². The van der Waals surface area contributed by atoms with E-state index >= 15 is 0 Å². The van der Waals surface area contributed by atoms with Gasteiger partial charge in [-0.25, -0.2) is 0 Å². The Balaban J connectivity index is 1.57. The molecule has 0 amide bonds. The van der Waals surface area contributed by atoms with Gasteiger partial charge in [0.15, 0.2) is 0 Å². The Morgan fingerprint density at radius 2 is 1.64 bits per heavy atom. The van der Waals surface area contributed by atoms with Crippen molar-refractivity contribution in [2.45, 2.75) is 77.0 Å². The van der Waals surface area contributed by atoms with Gasteiger partial charge < -0.3 is 4.74 Å². The van der Waals surface area contributed by atoms with Crippen molar-refractivity contribution in [3.05, 3.63) is 42.0 Å². The van der Waals surface area contributed by atoms with E-state index in [0.717, 1.165) is 35.8 Å². The highest BCUT2D eigenvalue weighted by molar-refractivity contribution is 5.39. The number of ether oxygens (including phenoxy) is 1. The topological polar surface area (TPSA) is 9.23 Å². The smallest absolute Gasteiger partial charge is 0.122 e. The average molecular weight is 341 g/mol. The van der Waals surface area contributed by atoms with Crippen molar-refractivity contribution in [3.63, 3.8) is 0 Å². The summed E-state index contributed by atoms with van der Waals surface area (Å²) < 4.78 is 5.55. The van der Waals surface area contributed by atoms with Crippen molar-refractivity contribution in [3.8, 4) is 5.75 Å². The summed E-state index contributed by atoms with van der Waals surface area (Å²) in [7, 11) is 1.79. The Kier molecular flexibility index (Phi) is 6.62. The van der Waals surface area contributed by atoms with Crippen molar-refractivity contribution >= 4 is 0 Å². The van der Waals surface area contributed by atoms with Crippen LogP contribution in [0.2, 0.25) is 0 Å². The summed E-state index contributed by atoms with van der Waals surface area (Å²) in [5.74, 6) is 4.60. The lowest BCUT2D eigenvalue weighted by molar-refractivity contribution is 0.171. The van der Waals surface area contributed by atoms with Gasteiger partial charge in [-0.2, -0.15) is 0 Å². The van der Waals surface area contributed by atoms with Crippen LogP contribution in [0.1, 0.15) is 81.8 Å². The van der Waals surface area contributed by atoms with Crippen LogP contribution >= 0.6 is 0 Å². The highest BCUT2D eigenvalue weighted by Crippen LogP contribution is 2.44. The van der Waals surface area contributed by atoms with Gasteiger partial charge >= 0.3 is 0 Å². The maximum absolute atomic E-state index is 5.55. The van der Waals surface area contributed by atoms with Gasteiger partial charge in [-0.3, -0.25) is 0 Å². The van der Waals surface area contributed by atoms with Crippen LogP contribution in [0.3, 0.4) is 0 Å². The van der Waals surface area contributed by atoms with Gasteiger partial charge in [0.1, 0.15) is 5.75 Å². The molecule has 138 valence electrons. The van der Waals surface area contributed by atoms with Crippen molar-refractivity contribution in [1.29, 1.82) is 0 Å². The Labute approximate surface area is 154 Å². The predicted octanol–water partition coefficient (Wildman–Crippen LogP) is 6.91. The molecule has 0 atom stereocenters. The van der Waals surface area contributed by atoms with Crippen LogP contribution < -0.4 is 4.74 Å². The van der Waals surface area contributed by atoms with E-state index in [2.05, 4.69) is 37.8 Å². The van der Waals surface area contributed by atoms with Gasteiger partial charge in [-0.05, 0) is 98.7 Å². The summed E-state index contributed by atoms with van der Waals surface area (Å²) in [6.07, 6.45) is 15.8. The third-order valence-electron chi connectivity index (χ3n) is 6.88. The van der Waals surface area contributed by atoms with Crippen LogP contribution in [-0.4, -0.2) is 7.11 Å². The zero-order chi connectivity index (χ0) is 17.6. The molecule has 1 heteroatoms. The molecule has 1 aromatic carbocycles. The van der Waals surface area contributed by atoms with E-state index in [0.29, 0.717) is 0 Å². The third kappa shape index (κ3) is 4.49. The predicted molar refractivity (Wildman–Crippen MR) is 107 cm³/mol. The lowest BCUT2D eigenvalue weighted by Crippen LogP contribution is -2.25. The molecule has 2 aliphatic carbocycles. The molecule has 25 heavy (non-hydrogen) atoms. The summed E-state index contributed by atoms with van der Waals surface area (Å²) in [4.78, 5) is 0. The minimum absolute atomic E-state index is 0.766. The van der Waals surface area contributed by atoms with Crippen molar-refractivity contribution in [2.75, 3.05) is 7.11 Å². The molecular weight excluding hydrogens is 304 g/mol. The number of hydrogen-bond acceptors (Lipinski definition) is 1. The van der Waals surface area contributed by atoms with E-state index in [4.69, 9.17) is 4.74 Å². The van der Waals surface area contributed by atoms with E-state index in [-0.39, 0.29) is 0 Å². The van der Waals surface area contributed by atoms with Gasteiger partial charge in [-0.1, -0.05) is 31.6 Å². The molecule has 0 spiro atoms. The van der Waals surface area contributed by atoms with Crippen LogP contribution in [0.15, 0.2) is 30.9 Å². The normalized spacial score (nSPS) is 30.0.